The number of H-pyrrole nitrogens is 1. The minimum absolute atomic E-state index is 0.0548. The number of carbonyl (C=O) groups is 2. The Kier molecular flexibility index (Phi) is 5.60. The number of benzene rings is 2. The summed E-state index contributed by atoms with van der Waals surface area (Å²) in [5.41, 5.74) is 1.18. The molecule has 8 heteroatoms. The highest BCUT2D eigenvalue weighted by molar-refractivity contribution is 9.10. The monoisotopic (exact) mass is 505 g/mol. The maximum atomic E-state index is 13.5. The molecule has 2 aromatic carbocycles. The molecule has 0 aliphatic carbocycles. The molecule has 33 heavy (non-hydrogen) atoms. The lowest BCUT2D eigenvalue weighted by molar-refractivity contribution is -0.695. The van der Waals surface area contributed by atoms with Gasteiger partial charge in [-0.1, -0.05) is 46.3 Å². The number of hydrogen-bond acceptors (Lipinski definition) is 4. The average Bonchev–Trinajstić information content (AvgIpc) is 3.54. The molecule has 5 rings (SSSR count). The quantitative estimate of drug-likeness (QED) is 0.308. The summed E-state index contributed by atoms with van der Waals surface area (Å²) >= 11 is 3.42. The maximum Gasteiger partial charge on any atom is 0.241 e. The van der Waals surface area contributed by atoms with Gasteiger partial charge in [0.2, 0.25) is 18.0 Å². The van der Waals surface area contributed by atoms with Crippen LogP contribution in [0.25, 0.3) is 11.0 Å². The van der Waals surface area contributed by atoms with Crippen molar-refractivity contribution in [3.63, 3.8) is 0 Å². The number of aromatic nitrogens is 2. The van der Waals surface area contributed by atoms with Gasteiger partial charge in [0.25, 0.3) is 0 Å². The van der Waals surface area contributed by atoms with Crippen molar-refractivity contribution in [2.45, 2.75) is 19.0 Å². The second kappa shape index (κ2) is 8.71. The first-order chi connectivity index (χ1) is 16.0. The molecule has 166 valence electrons. The number of aryl methyl sites for hydroxylation is 1. The van der Waals surface area contributed by atoms with Crippen LogP contribution in [0.4, 0.5) is 0 Å². The standard InChI is InChI=1S/C25H20BrN3O4/c26-18-8-6-16(7-9-18)22-21(23(30)20-14-17-4-1-2-5-19(17)33-20)24(31)25(32)29(22)12-3-11-28-13-10-27-15-28/h1-2,4-10,13-15,22H,3,11-12H2,(H,30,31). The Labute approximate surface area is 198 Å². The lowest BCUT2D eigenvalue weighted by Crippen LogP contribution is -2.37. The highest BCUT2D eigenvalue weighted by Crippen LogP contribution is 2.39. The van der Waals surface area contributed by atoms with Gasteiger partial charge in [-0.05, 0) is 35.6 Å². The molecule has 2 aromatic heterocycles. The van der Waals surface area contributed by atoms with Gasteiger partial charge in [-0.2, -0.15) is 0 Å². The van der Waals surface area contributed by atoms with E-state index in [1.807, 2.05) is 65.8 Å². The minimum Gasteiger partial charge on any atom is -0.868 e. The molecular weight excluding hydrogens is 486 g/mol. The van der Waals surface area contributed by atoms with Crippen molar-refractivity contribution in [1.82, 2.24) is 9.88 Å². The van der Waals surface area contributed by atoms with E-state index in [0.717, 1.165) is 9.86 Å². The van der Waals surface area contributed by atoms with Crippen LogP contribution in [0.2, 0.25) is 0 Å². The number of Topliss-reactive ketones (excluding diaryl/α,β-unsaturated/α-hetero) is 1. The summed E-state index contributed by atoms with van der Waals surface area (Å²) < 4.78 is 8.55. The van der Waals surface area contributed by atoms with Crippen molar-refractivity contribution in [2.75, 3.05) is 6.54 Å². The molecule has 0 bridgehead atoms. The van der Waals surface area contributed by atoms with Crippen LogP contribution < -0.4 is 9.67 Å². The van der Waals surface area contributed by atoms with E-state index >= 15 is 0 Å². The predicted octanol–water partition coefficient (Wildman–Crippen LogP) is 3.28. The Morgan fingerprint density at radius 1 is 1.18 bits per heavy atom. The molecule has 0 saturated carbocycles. The second-order valence-electron chi connectivity index (χ2n) is 7.88. The molecule has 1 atom stereocenters. The third kappa shape index (κ3) is 3.98. The van der Waals surface area contributed by atoms with Crippen LogP contribution in [0.5, 0.6) is 0 Å². The second-order valence-corrected chi connectivity index (χ2v) is 8.79. The van der Waals surface area contributed by atoms with Gasteiger partial charge in [-0.3, -0.25) is 14.6 Å². The van der Waals surface area contributed by atoms with E-state index in [4.69, 9.17) is 4.42 Å². The summed E-state index contributed by atoms with van der Waals surface area (Å²) in [7, 11) is 0. The van der Waals surface area contributed by atoms with Crippen molar-refractivity contribution in [1.29, 1.82) is 0 Å². The first kappa shape index (κ1) is 21.2. The number of fused-ring (bicyclic) bond motifs is 1. The van der Waals surface area contributed by atoms with Crippen molar-refractivity contribution in [3.05, 3.63) is 100 Å². The van der Waals surface area contributed by atoms with E-state index in [2.05, 4.69) is 20.9 Å². The normalized spacial score (nSPS) is 16.2. The maximum absolute atomic E-state index is 13.5. The van der Waals surface area contributed by atoms with Crippen molar-refractivity contribution >= 4 is 38.6 Å². The molecule has 0 fully saturated rings. The molecule has 0 spiro atoms. The topological polar surface area (TPSA) is 93.2 Å². The van der Waals surface area contributed by atoms with Gasteiger partial charge in [0, 0.05) is 28.4 Å². The van der Waals surface area contributed by atoms with Crippen LogP contribution in [-0.2, 0) is 11.3 Å². The molecule has 1 amide bonds. The lowest BCUT2D eigenvalue weighted by atomic mass is 9.95. The minimum atomic E-state index is -0.775. The number of rotatable bonds is 7. The number of amides is 1. The van der Waals surface area contributed by atoms with Crippen molar-refractivity contribution in [3.8, 4) is 0 Å². The zero-order valence-corrected chi connectivity index (χ0v) is 19.1. The largest absolute Gasteiger partial charge is 0.868 e. The number of ketones is 1. The molecule has 1 aliphatic heterocycles. The first-order valence-corrected chi connectivity index (χ1v) is 11.3. The highest BCUT2D eigenvalue weighted by Gasteiger charge is 2.40. The van der Waals surface area contributed by atoms with Crippen LogP contribution in [0.3, 0.4) is 0 Å². The smallest absolute Gasteiger partial charge is 0.241 e. The van der Waals surface area contributed by atoms with Gasteiger partial charge >= 0.3 is 0 Å². The van der Waals surface area contributed by atoms with Gasteiger partial charge in [0.15, 0.2) is 5.76 Å². The molecular formula is C25H20BrN3O4. The van der Waals surface area contributed by atoms with Gasteiger partial charge in [-0.25, -0.2) is 4.57 Å². The Bertz CT molecular complexity index is 1320. The molecule has 1 aliphatic rings. The number of aromatic amines is 1. The number of nitrogens with zero attached hydrogens (tertiary/aromatic N) is 2. The summed E-state index contributed by atoms with van der Waals surface area (Å²) in [6.07, 6.45) is 6.16. The Morgan fingerprint density at radius 2 is 1.97 bits per heavy atom. The molecule has 1 N–H and O–H groups in total. The fraction of sp³-hybridized carbons (Fsp3) is 0.160. The first-order valence-electron chi connectivity index (χ1n) is 10.6. The highest BCUT2D eigenvalue weighted by atomic mass is 79.9. The zero-order chi connectivity index (χ0) is 22.9. The van der Waals surface area contributed by atoms with Crippen LogP contribution >= 0.6 is 15.9 Å². The van der Waals surface area contributed by atoms with Gasteiger partial charge in [0.1, 0.15) is 18.0 Å². The summed E-state index contributed by atoms with van der Waals surface area (Å²) in [6, 6.07) is 15.4. The fourth-order valence-electron chi connectivity index (χ4n) is 4.20. The number of carbonyl (C=O) groups excluding carboxylic acids is 2. The lowest BCUT2D eigenvalue weighted by Gasteiger charge is -2.27. The predicted molar refractivity (Wildman–Crippen MR) is 122 cm³/mol. The number of hydrogen-bond donors (Lipinski definition) is 1. The molecule has 0 radical (unpaired) electrons. The number of nitrogens with one attached hydrogen (secondary N) is 1. The van der Waals surface area contributed by atoms with Crippen LogP contribution in [-0.4, -0.2) is 28.1 Å². The van der Waals surface area contributed by atoms with E-state index in [9.17, 15) is 14.7 Å². The van der Waals surface area contributed by atoms with Crippen LogP contribution in [0.1, 0.15) is 28.6 Å². The molecule has 0 saturated heterocycles. The van der Waals surface area contributed by atoms with Gasteiger partial charge in [0.05, 0.1) is 12.6 Å². The Morgan fingerprint density at radius 3 is 2.70 bits per heavy atom. The molecule has 4 aromatic rings. The summed E-state index contributed by atoms with van der Waals surface area (Å²) in [6.45, 7) is 1.00. The summed E-state index contributed by atoms with van der Waals surface area (Å²) in [4.78, 5) is 31.0. The number of imidazole rings is 1. The van der Waals surface area contributed by atoms with E-state index < -0.39 is 23.5 Å². The van der Waals surface area contributed by atoms with E-state index in [1.54, 1.807) is 12.1 Å². The summed E-state index contributed by atoms with van der Waals surface area (Å²) in [5.74, 6) is -1.94. The van der Waals surface area contributed by atoms with E-state index in [1.165, 1.54) is 4.90 Å². The van der Waals surface area contributed by atoms with Crippen molar-refractivity contribution < 1.29 is 23.7 Å². The Balaban J connectivity index is 1.50. The van der Waals surface area contributed by atoms with E-state index in [0.29, 0.717) is 30.7 Å². The van der Waals surface area contributed by atoms with Crippen LogP contribution in [0.15, 0.2) is 93.5 Å². The molecule has 7 nitrogen and oxygen atoms in total. The summed E-state index contributed by atoms with van der Waals surface area (Å²) in [5, 5.41) is 13.8. The number of furan rings is 1. The SMILES string of the molecule is O=C(C1=C([O-])C(=O)N(CCC[n+]2cc[nH]c2)C1c1ccc(Br)cc1)c1cc2ccccc2o1. The zero-order valence-electron chi connectivity index (χ0n) is 17.5. The number of halogens is 1. The van der Waals surface area contributed by atoms with Gasteiger partial charge in [-0.15, -0.1) is 0 Å². The molecule has 3 heterocycles. The third-order valence-corrected chi connectivity index (χ3v) is 6.31. The van der Waals surface area contributed by atoms with Crippen LogP contribution in [0, 0.1) is 0 Å². The fourth-order valence-corrected chi connectivity index (χ4v) is 4.47. The molecule has 1 unspecified atom stereocenters. The average molecular weight is 506 g/mol. The van der Waals surface area contributed by atoms with Crippen molar-refractivity contribution in [2.24, 2.45) is 0 Å². The third-order valence-electron chi connectivity index (χ3n) is 5.78. The van der Waals surface area contributed by atoms with E-state index in [-0.39, 0.29) is 11.3 Å². The Hall–Kier alpha value is -3.65. The van der Waals surface area contributed by atoms with Gasteiger partial charge < -0.3 is 14.4 Å². The number of para-hydroxylation sites is 1.